The van der Waals surface area contributed by atoms with Crippen LogP contribution in [0.2, 0.25) is 0 Å². The summed E-state index contributed by atoms with van der Waals surface area (Å²) in [5.41, 5.74) is 2.00. The standard InChI is InChI=1S/C9H12N2O.C7H8O3S/c1-3-9(12)10-8-5-4-6-11(2)7-8;1-6-2-4-7(5-3-6)11-10-9-8/h4-7H,3H2,1-2H3;2-5,8H,1H3. The van der Waals surface area contributed by atoms with Gasteiger partial charge in [-0.3, -0.25) is 9.83 Å². The molecule has 6 nitrogen and oxygen atoms in total. The van der Waals surface area contributed by atoms with Crippen LogP contribution in [0.4, 0.5) is 5.69 Å². The predicted octanol–water partition coefficient (Wildman–Crippen LogP) is 2.09. The molecule has 0 aliphatic heterocycles. The molecule has 7 heteroatoms. The molecule has 1 aromatic heterocycles. The summed E-state index contributed by atoms with van der Waals surface area (Å²) in [5, 5.41) is 15.4. The number of aromatic nitrogens is 1. The van der Waals surface area contributed by atoms with Crippen molar-refractivity contribution in [2.45, 2.75) is 25.2 Å². The molecule has 2 rings (SSSR count). The van der Waals surface area contributed by atoms with Crippen LogP contribution in [0.5, 0.6) is 0 Å². The van der Waals surface area contributed by atoms with Gasteiger partial charge in [-0.25, -0.2) is 4.57 Å². The number of nitrogens with zero attached hydrogens (tertiary/aromatic N) is 1. The number of amides is 1. The largest absolute Gasteiger partial charge is 0.691 e. The lowest BCUT2D eigenvalue weighted by Crippen LogP contribution is -2.27. The molecule has 0 atom stereocenters. The zero-order valence-electron chi connectivity index (χ0n) is 13.3. The molecule has 1 aromatic carbocycles. The zero-order chi connectivity index (χ0) is 17.1. The number of benzene rings is 1. The summed E-state index contributed by atoms with van der Waals surface area (Å²) in [6, 6.07) is 11.3. The number of carbonyl (C=O) groups excluding carboxylic acids is 1. The molecule has 23 heavy (non-hydrogen) atoms. The average Bonchev–Trinajstić information content (AvgIpc) is 2.55. The second-order valence-electron chi connectivity index (χ2n) is 4.69. The lowest BCUT2D eigenvalue weighted by Gasteiger charge is -2.03. The first kappa shape index (κ1) is 19.1. The molecule has 124 valence electrons. The zero-order valence-corrected chi connectivity index (χ0v) is 14.1. The van der Waals surface area contributed by atoms with E-state index in [1.165, 1.54) is 0 Å². The van der Waals surface area contributed by atoms with Gasteiger partial charge < -0.3 is 10.6 Å². The fraction of sp³-hybridized carbons (Fsp3) is 0.250. The first-order chi connectivity index (χ1) is 11.0. The molecule has 1 heterocycles. The maximum atomic E-state index is 11.0. The Labute approximate surface area is 140 Å². The lowest BCUT2D eigenvalue weighted by molar-refractivity contribution is -0.777. The van der Waals surface area contributed by atoms with Crippen LogP contribution < -0.4 is 15.1 Å². The van der Waals surface area contributed by atoms with Crippen LogP contribution in [-0.2, 0) is 21.2 Å². The highest BCUT2D eigenvalue weighted by molar-refractivity contribution is 7.94. The van der Waals surface area contributed by atoms with Gasteiger partial charge in [-0.2, -0.15) is 4.33 Å². The van der Waals surface area contributed by atoms with E-state index in [4.69, 9.17) is 0 Å². The number of nitrogens with one attached hydrogen (secondary N) is 1. The summed E-state index contributed by atoms with van der Waals surface area (Å²) in [6.07, 6.45) is 4.30. The highest BCUT2D eigenvalue weighted by Crippen LogP contribution is 2.18. The third-order valence-corrected chi connectivity index (χ3v) is 3.31. The van der Waals surface area contributed by atoms with E-state index in [0.29, 0.717) is 6.42 Å². The molecular weight excluding hydrogens is 316 g/mol. The number of anilines is 1. The van der Waals surface area contributed by atoms with Gasteiger partial charge in [0.2, 0.25) is 5.91 Å². The van der Waals surface area contributed by atoms with E-state index < -0.39 is 0 Å². The molecule has 0 unspecified atom stereocenters. The van der Waals surface area contributed by atoms with E-state index in [1.807, 2.05) is 74.3 Å². The van der Waals surface area contributed by atoms with Crippen LogP contribution in [0, 0.1) is 6.92 Å². The first-order valence-corrected chi connectivity index (χ1v) is 7.74. The quantitative estimate of drug-likeness (QED) is 0.392. The highest BCUT2D eigenvalue weighted by atomic mass is 32.2. The van der Waals surface area contributed by atoms with Gasteiger partial charge in [0, 0.05) is 17.4 Å². The Balaban J connectivity index is 0.000000231. The fourth-order valence-corrected chi connectivity index (χ4v) is 1.91. The van der Waals surface area contributed by atoms with Gasteiger partial charge >= 0.3 is 0 Å². The summed E-state index contributed by atoms with van der Waals surface area (Å²) in [4.78, 5) is 11.8. The molecule has 0 bridgehead atoms. The number of hydrogen-bond acceptors (Lipinski definition) is 5. The molecule has 0 saturated heterocycles. The maximum Gasteiger partial charge on any atom is 0.224 e. The Kier molecular flexibility index (Phi) is 8.93. The van der Waals surface area contributed by atoms with Crippen LogP contribution in [-0.4, -0.2) is 5.91 Å². The van der Waals surface area contributed by atoms with Gasteiger partial charge in [0.05, 0.1) is 12.0 Å². The predicted molar refractivity (Wildman–Crippen MR) is 85.7 cm³/mol. The lowest BCUT2D eigenvalue weighted by atomic mass is 10.2. The molecule has 2 aromatic rings. The molecule has 0 aliphatic rings. The second kappa shape index (κ2) is 10.7. The van der Waals surface area contributed by atoms with Crippen LogP contribution in [0.25, 0.3) is 0 Å². The van der Waals surface area contributed by atoms with Crippen molar-refractivity contribution in [1.29, 1.82) is 0 Å². The van der Waals surface area contributed by atoms with Crippen LogP contribution in [0.15, 0.2) is 53.7 Å². The van der Waals surface area contributed by atoms with Crippen molar-refractivity contribution in [2.24, 2.45) is 7.05 Å². The van der Waals surface area contributed by atoms with Crippen LogP contribution in [0.1, 0.15) is 18.9 Å². The number of pyridine rings is 1. The van der Waals surface area contributed by atoms with Gasteiger partial charge in [0.15, 0.2) is 12.4 Å². The summed E-state index contributed by atoms with van der Waals surface area (Å²) >= 11 is 0.894. The Morgan fingerprint density at radius 3 is 2.57 bits per heavy atom. The van der Waals surface area contributed by atoms with Gasteiger partial charge in [-0.05, 0) is 25.1 Å². The van der Waals surface area contributed by atoms with Crippen LogP contribution in [0.3, 0.4) is 0 Å². The van der Waals surface area contributed by atoms with E-state index in [9.17, 15) is 10.1 Å². The van der Waals surface area contributed by atoms with Crippen molar-refractivity contribution in [1.82, 2.24) is 0 Å². The van der Waals surface area contributed by atoms with Gasteiger partial charge in [0.25, 0.3) is 0 Å². The minimum absolute atomic E-state index is 0.0428. The van der Waals surface area contributed by atoms with Crippen molar-refractivity contribution in [3.63, 3.8) is 0 Å². The summed E-state index contributed by atoms with van der Waals surface area (Å²) in [7, 11) is 1.92. The SMILES string of the molecule is CCC(=O)Nc1ccc[n+](C)c1.Cc1ccc(SOO[O-])cc1. The summed E-state index contributed by atoms with van der Waals surface area (Å²) in [6.45, 7) is 3.82. The molecule has 1 N–H and O–H groups in total. The van der Waals surface area contributed by atoms with E-state index in [-0.39, 0.29) is 5.91 Å². The second-order valence-corrected chi connectivity index (χ2v) is 5.47. The minimum atomic E-state index is 0.0428. The summed E-state index contributed by atoms with van der Waals surface area (Å²) < 4.78 is 6.01. The monoisotopic (exact) mass is 336 g/mol. The number of carbonyl (C=O) groups is 1. The first-order valence-electron chi connectivity index (χ1n) is 7.00. The van der Waals surface area contributed by atoms with Crippen LogP contribution >= 0.6 is 12.0 Å². The van der Waals surface area contributed by atoms with Crippen molar-refractivity contribution in [3.05, 3.63) is 54.4 Å². The fourth-order valence-electron chi connectivity index (χ4n) is 1.56. The third-order valence-electron chi connectivity index (χ3n) is 2.72. The Morgan fingerprint density at radius 1 is 1.30 bits per heavy atom. The Morgan fingerprint density at radius 2 is 2.00 bits per heavy atom. The Hall–Kier alpha value is -1.93. The molecule has 0 fully saturated rings. The molecule has 1 amide bonds. The number of rotatable bonds is 5. The van der Waals surface area contributed by atoms with Crippen molar-refractivity contribution in [3.8, 4) is 0 Å². The normalized spacial score (nSPS) is 9.74. The van der Waals surface area contributed by atoms with Gasteiger partial charge in [-0.1, -0.05) is 24.6 Å². The number of aryl methyl sites for hydroxylation is 2. The van der Waals surface area contributed by atoms with E-state index >= 15 is 0 Å². The molecular formula is C16H20N2O4S. The third kappa shape index (κ3) is 8.32. The molecule has 0 aliphatic carbocycles. The smallest absolute Gasteiger partial charge is 0.224 e. The maximum absolute atomic E-state index is 11.0. The van der Waals surface area contributed by atoms with Gasteiger partial charge in [0.1, 0.15) is 12.7 Å². The van der Waals surface area contributed by atoms with Crippen molar-refractivity contribution >= 4 is 23.6 Å². The Bertz CT molecular complexity index is 605. The van der Waals surface area contributed by atoms with Crippen molar-refractivity contribution in [2.75, 3.05) is 5.32 Å². The molecule has 0 spiro atoms. The van der Waals surface area contributed by atoms with E-state index in [0.717, 1.165) is 28.2 Å². The number of hydrogen-bond donors (Lipinski definition) is 1. The topological polar surface area (TPSA) is 74.5 Å². The summed E-state index contributed by atoms with van der Waals surface area (Å²) in [5.74, 6) is 0.0428. The average molecular weight is 336 g/mol. The van der Waals surface area contributed by atoms with E-state index in [1.54, 1.807) is 0 Å². The highest BCUT2D eigenvalue weighted by Gasteiger charge is 2.00. The van der Waals surface area contributed by atoms with Gasteiger partial charge in [-0.15, -0.1) is 0 Å². The molecule has 0 saturated carbocycles. The molecule has 0 radical (unpaired) electrons. The minimum Gasteiger partial charge on any atom is -0.691 e. The van der Waals surface area contributed by atoms with E-state index in [2.05, 4.69) is 14.7 Å². The van der Waals surface area contributed by atoms with Crippen molar-refractivity contribution < 1.29 is 24.0 Å².